The number of carbonyl (C=O) groups is 1. The predicted octanol–water partition coefficient (Wildman–Crippen LogP) is 4.21. The smallest absolute Gasteiger partial charge is 0.251 e. The highest BCUT2D eigenvalue weighted by Crippen LogP contribution is 2.32. The lowest BCUT2D eigenvalue weighted by Crippen LogP contribution is -2.17. The molecule has 0 unspecified atom stereocenters. The largest absolute Gasteiger partial charge is 0.379 e. The van der Waals surface area contributed by atoms with E-state index in [1.165, 1.54) is 12.1 Å². The average Bonchev–Trinajstić information content (AvgIpc) is 2.46. The molecular weight excluding hydrogens is 359 g/mol. The van der Waals surface area contributed by atoms with Gasteiger partial charge in [-0.25, -0.2) is 4.39 Å². The van der Waals surface area contributed by atoms with Gasteiger partial charge in [-0.3, -0.25) is 4.79 Å². The van der Waals surface area contributed by atoms with Crippen LogP contribution in [0.25, 0.3) is 0 Å². The first-order chi connectivity index (χ1) is 10.0. The molecule has 0 atom stereocenters. The van der Waals surface area contributed by atoms with Crippen LogP contribution in [0.4, 0.5) is 10.1 Å². The third-order valence-electron chi connectivity index (χ3n) is 2.92. The minimum atomic E-state index is -0.396. The summed E-state index contributed by atoms with van der Waals surface area (Å²) in [4.78, 5) is 11.4. The van der Waals surface area contributed by atoms with E-state index in [9.17, 15) is 9.18 Å². The van der Waals surface area contributed by atoms with Crippen molar-refractivity contribution in [1.82, 2.24) is 5.32 Å². The molecule has 0 radical (unpaired) electrons. The van der Waals surface area contributed by atoms with Crippen LogP contribution in [0.3, 0.4) is 0 Å². The second-order valence-electron chi connectivity index (χ2n) is 4.37. The lowest BCUT2D eigenvalue weighted by Gasteiger charge is -2.11. The highest BCUT2D eigenvalue weighted by Gasteiger charge is 2.08. The van der Waals surface area contributed by atoms with Crippen LogP contribution < -0.4 is 10.6 Å². The van der Waals surface area contributed by atoms with Gasteiger partial charge in [0, 0.05) is 23.6 Å². The van der Waals surface area contributed by atoms with Crippen molar-refractivity contribution in [3.63, 3.8) is 0 Å². The molecule has 0 fully saturated rings. The summed E-state index contributed by atoms with van der Waals surface area (Å²) in [5.74, 6) is -0.522. The molecule has 2 aromatic rings. The zero-order valence-corrected chi connectivity index (χ0v) is 13.6. The maximum Gasteiger partial charge on any atom is 0.251 e. The maximum atomic E-state index is 13.1. The first-order valence-corrected chi connectivity index (χ1v) is 7.38. The molecule has 0 aliphatic carbocycles. The summed E-state index contributed by atoms with van der Waals surface area (Å²) in [5.41, 5.74) is 2.21. The summed E-state index contributed by atoms with van der Waals surface area (Å²) in [7, 11) is 1.59. The lowest BCUT2D eigenvalue weighted by atomic mass is 10.1. The summed E-state index contributed by atoms with van der Waals surface area (Å²) in [6.07, 6.45) is 0. The molecule has 3 nitrogen and oxygen atoms in total. The van der Waals surface area contributed by atoms with Crippen molar-refractivity contribution in [2.24, 2.45) is 0 Å². The molecule has 0 saturated heterocycles. The summed E-state index contributed by atoms with van der Waals surface area (Å²) >= 11 is 9.27. The van der Waals surface area contributed by atoms with Gasteiger partial charge in [-0.2, -0.15) is 0 Å². The molecule has 0 aliphatic rings. The van der Waals surface area contributed by atoms with E-state index in [0.717, 1.165) is 5.56 Å². The van der Waals surface area contributed by atoms with Gasteiger partial charge < -0.3 is 10.6 Å². The van der Waals surface area contributed by atoms with Crippen LogP contribution >= 0.6 is 27.5 Å². The van der Waals surface area contributed by atoms with Crippen LogP contribution in [0, 0.1) is 5.82 Å². The number of amides is 1. The van der Waals surface area contributed by atoms with E-state index in [1.54, 1.807) is 19.2 Å². The van der Waals surface area contributed by atoms with Gasteiger partial charge in [0.15, 0.2) is 0 Å². The molecule has 21 heavy (non-hydrogen) atoms. The summed E-state index contributed by atoms with van der Waals surface area (Å²) in [6, 6.07) is 9.80. The fourth-order valence-corrected chi connectivity index (χ4v) is 2.78. The molecular formula is C15H13BrClFN2O. The monoisotopic (exact) mass is 370 g/mol. The number of carbonyl (C=O) groups excluding carboxylic acids is 1. The van der Waals surface area contributed by atoms with Gasteiger partial charge in [-0.05, 0) is 45.8 Å². The Balaban J connectivity index is 2.08. The van der Waals surface area contributed by atoms with Crippen molar-refractivity contribution in [2.45, 2.75) is 6.54 Å². The summed E-state index contributed by atoms with van der Waals surface area (Å²) in [5, 5.41) is 6.02. The van der Waals surface area contributed by atoms with E-state index in [4.69, 9.17) is 11.6 Å². The Morgan fingerprint density at radius 2 is 1.95 bits per heavy atom. The Labute approximate surface area is 135 Å². The van der Waals surface area contributed by atoms with Crippen molar-refractivity contribution in [3.05, 3.63) is 62.8 Å². The quantitative estimate of drug-likeness (QED) is 0.845. The van der Waals surface area contributed by atoms with Gasteiger partial charge in [-0.15, -0.1) is 0 Å². The topological polar surface area (TPSA) is 41.1 Å². The Morgan fingerprint density at radius 1 is 1.29 bits per heavy atom. The van der Waals surface area contributed by atoms with E-state index in [2.05, 4.69) is 26.6 Å². The van der Waals surface area contributed by atoms with E-state index >= 15 is 0 Å². The normalized spacial score (nSPS) is 10.3. The Kier molecular flexibility index (Phi) is 5.20. The van der Waals surface area contributed by atoms with Crippen LogP contribution in [-0.4, -0.2) is 13.0 Å². The van der Waals surface area contributed by atoms with Crippen molar-refractivity contribution in [1.29, 1.82) is 0 Å². The Bertz CT molecular complexity index is 638. The van der Waals surface area contributed by atoms with Gasteiger partial charge in [0.05, 0.1) is 10.7 Å². The van der Waals surface area contributed by atoms with Gasteiger partial charge >= 0.3 is 0 Å². The van der Waals surface area contributed by atoms with Gasteiger partial charge in [0.2, 0.25) is 0 Å². The van der Waals surface area contributed by atoms with Crippen molar-refractivity contribution >= 4 is 39.1 Å². The minimum Gasteiger partial charge on any atom is -0.379 e. The second kappa shape index (κ2) is 6.91. The SMILES string of the molecule is CNC(=O)c1ccc(CNc2c(Cl)cc(F)cc2Br)cc1. The molecule has 2 N–H and O–H groups in total. The standard InChI is InChI=1S/C15H13BrClFN2O/c1-19-15(21)10-4-2-9(3-5-10)8-20-14-12(16)6-11(18)7-13(14)17/h2-7,20H,8H2,1H3,(H,19,21). The van der Waals surface area contributed by atoms with Crippen molar-refractivity contribution in [3.8, 4) is 0 Å². The summed E-state index contributed by atoms with van der Waals surface area (Å²) < 4.78 is 13.7. The highest BCUT2D eigenvalue weighted by atomic mass is 79.9. The molecule has 0 spiro atoms. The summed E-state index contributed by atoms with van der Waals surface area (Å²) in [6.45, 7) is 0.512. The third-order valence-corrected chi connectivity index (χ3v) is 3.84. The fraction of sp³-hybridized carbons (Fsp3) is 0.133. The zero-order chi connectivity index (χ0) is 15.4. The molecule has 2 aromatic carbocycles. The van der Waals surface area contributed by atoms with Crippen LogP contribution in [0.2, 0.25) is 5.02 Å². The van der Waals surface area contributed by atoms with Crippen molar-refractivity contribution < 1.29 is 9.18 Å². The zero-order valence-electron chi connectivity index (χ0n) is 11.2. The lowest BCUT2D eigenvalue weighted by molar-refractivity contribution is 0.0963. The van der Waals surface area contributed by atoms with E-state index < -0.39 is 5.82 Å². The second-order valence-corrected chi connectivity index (χ2v) is 5.64. The number of halogens is 3. The molecule has 0 aromatic heterocycles. The first kappa shape index (κ1) is 15.8. The van der Waals surface area contributed by atoms with Crippen LogP contribution in [0.1, 0.15) is 15.9 Å². The van der Waals surface area contributed by atoms with Crippen LogP contribution in [0.15, 0.2) is 40.9 Å². The van der Waals surface area contributed by atoms with Crippen molar-refractivity contribution in [2.75, 3.05) is 12.4 Å². The molecule has 0 saturated carbocycles. The number of benzene rings is 2. The van der Waals surface area contributed by atoms with E-state index in [0.29, 0.717) is 27.3 Å². The van der Waals surface area contributed by atoms with Crippen LogP contribution in [-0.2, 0) is 6.54 Å². The maximum absolute atomic E-state index is 13.1. The number of hydrogen-bond donors (Lipinski definition) is 2. The molecule has 2 rings (SSSR count). The minimum absolute atomic E-state index is 0.126. The number of hydrogen-bond acceptors (Lipinski definition) is 2. The molecule has 0 bridgehead atoms. The first-order valence-electron chi connectivity index (χ1n) is 6.20. The van der Waals surface area contributed by atoms with E-state index in [-0.39, 0.29) is 5.91 Å². The Morgan fingerprint density at radius 3 is 2.52 bits per heavy atom. The predicted molar refractivity (Wildman–Crippen MR) is 86.3 cm³/mol. The van der Waals surface area contributed by atoms with Gasteiger partial charge in [-0.1, -0.05) is 23.7 Å². The average molecular weight is 372 g/mol. The Hall–Kier alpha value is -1.59. The molecule has 0 heterocycles. The third kappa shape index (κ3) is 3.95. The number of rotatable bonds is 4. The molecule has 6 heteroatoms. The van der Waals surface area contributed by atoms with Crippen LogP contribution in [0.5, 0.6) is 0 Å². The molecule has 1 amide bonds. The molecule has 110 valence electrons. The van der Waals surface area contributed by atoms with Gasteiger partial charge in [0.25, 0.3) is 5.91 Å². The number of anilines is 1. The van der Waals surface area contributed by atoms with E-state index in [1.807, 2.05) is 12.1 Å². The van der Waals surface area contributed by atoms with Gasteiger partial charge in [0.1, 0.15) is 5.82 Å². The number of nitrogens with one attached hydrogen (secondary N) is 2. The highest BCUT2D eigenvalue weighted by molar-refractivity contribution is 9.10. The molecule has 0 aliphatic heterocycles. The fourth-order valence-electron chi connectivity index (χ4n) is 1.82.